The average molecular weight is 351 g/mol. The first kappa shape index (κ1) is 17.7. The summed E-state index contributed by atoms with van der Waals surface area (Å²) in [5, 5.41) is 9.52. The second-order valence-electron chi connectivity index (χ2n) is 5.45. The van der Waals surface area contributed by atoms with E-state index in [2.05, 4.69) is 14.4 Å². The molecule has 0 amide bonds. The number of piperazine rings is 1. The minimum absolute atomic E-state index is 0. The summed E-state index contributed by atoms with van der Waals surface area (Å²) in [7, 11) is 1.97. The van der Waals surface area contributed by atoms with Crippen molar-refractivity contribution < 1.29 is 28.2 Å². The van der Waals surface area contributed by atoms with Crippen LogP contribution in [0, 0.1) is 0 Å². The molecule has 1 saturated heterocycles. The Morgan fingerprint density at radius 3 is 2.43 bits per heavy atom. The van der Waals surface area contributed by atoms with E-state index in [1.54, 1.807) is 0 Å². The van der Waals surface area contributed by atoms with E-state index in [4.69, 9.17) is 0 Å². The zero-order valence-corrected chi connectivity index (χ0v) is 13.2. The van der Waals surface area contributed by atoms with Crippen molar-refractivity contribution in [3.05, 3.63) is 23.8 Å². The van der Waals surface area contributed by atoms with Crippen molar-refractivity contribution in [3.63, 3.8) is 0 Å². The van der Waals surface area contributed by atoms with Crippen LogP contribution in [0.2, 0.25) is 0 Å². The van der Waals surface area contributed by atoms with E-state index in [-0.39, 0.29) is 23.9 Å². The fourth-order valence-corrected chi connectivity index (χ4v) is 2.73. The lowest BCUT2D eigenvalue weighted by Crippen LogP contribution is -2.47. The van der Waals surface area contributed by atoms with Crippen molar-refractivity contribution in [1.82, 2.24) is 9.80 Å². The van der Waals surface area contributed by atoms with Gasteiger partial charge in [0.1, 0.15) is 6.04 Å². The fraction of sp³-hybridized carbons (Fsp3) is 0.500. The maximum Gasteiger partial charge on any atom is 0.586 e. The molecule has 1 atom stereocenters. The highest BCUT2D eigenvalue weighted by Gasteiger charge is 2.44. The topological polar surface area (TPSA) is 62.2 Å². The van der Waals surface area contributed by atoms with Crippen LogP contribution in [0.15, 0.2) is 18.2 Å². The molecule has 0 bridgehead atoms. The zero-order valence-electron chi connectivity index (χ0n) is 12.4. The van der Waals surface area contributed by atoms with Crippen LogP contribution in [0.4, 0.5) is 8.78 Å². The van der Waals surface area contributed by atoms with Gasteiger partial charge in [-0.1, -0.05) is 6.07 Å². The van der Waals surface area contributed by atoms with Gasteiger partial charge >= 0.3 is 12.3 Å². The molecular formula is C14H17ClF2N2O4. The number of carboxylic acid groups (broad SMARTS) is 1. The summed E-state index contributed by atoms with van der Waals surface area (Å²) in [5.41, 5.74) is 0.400. The predicted octanol–water partition coefficient (Wildman–Crippen LogP) is 1.80. The molecule has 0 spiro atoms. The van der Waals surface area contributed by atoms with Crippen LogP contribution < -0.4 is 9.47 Å². The summed E-state index contributed by atoms with van der Waals surface area (Å²) in [6, 6.07) is 3.22. The molecule has 9 heteroatoms. The molecule has 1 aromatic rings. The lowest BCUT2D eigenvalue weighted by molar-refractivity contribution is -0.286. The van der Waals surface area contributed by atoms with Crippen LogP contribution in [0.1, 0.15) is 11.6 Å². The Labute approximate surface area is 138 Å². The Hall–Kier alpha value is -1.64. The number of hydrogen-bond donors (Lipinski definition) is 1. The molecule has 2 aliphatic rings. The number of aliphatic carboxylic acids is 1. The van der Waals surface area contributed by atoms with Crippen molar-refractivity contribution in [2.24, 2.45) is 0 Å². The molecule has 0 aromatic heterocycles. The number of fused-ring (bicyclic) bond motifs is 1. The molecule has 128 valence electrons. The van der Waals surface area contributed by atoms with Gasteiger partial charge in [0, 0.05) is 26.2 Å². The number of carboxylic acids is 1. The maximum absolute atomic E-state index is 13.0. The van der Waals surface area contributed by atoms with Crippen LogP contribution in [0.5, 0.6) is 11.5 Å². The van der Waals surface area contributed by atoms with E-state index < -0.39 is 18.3 Å². The van der Waals surface area contributed by atoms with E-state index in [1.165, 1.54) is 18.2 Å². The van der Waals surface area contributed by atoms with Gasteiger partial charge in [-0.15, -0.1) is 21.2 Å². The number of hydrogen-bond acceptors (Lipinski definition) is 5. The first-order valence-corrected chi connectivity index (χ1v) is 6.91. The Balaban J connectivity index is 0.00000192. The predicted molar refractivity (Wildman–Crippen MR) is 79.3 cm³/mol. The number of likely N-dealkylation sites (N-methyl/N-ethyl adjacent to an activating group) is 1. The fourth-order valence-electron chi connectivity index (χ4n) is 2.73. The molecule has 1 aromatic carbocycles. The van der Waals surface area contributed by atoms with Gasteiger partial charge in [0.2, 0.25) is 0 Å². The van der Waals surface area contributed by atoms with Crippen LogP contribution in [0.3, 0.4) is 0 Å². The van der Waals surface area contributed by atoms with Gasteiger partial charge < -0.3 is 19.5 Å². The monoisotopic (exact) mass is 350 g/mol. The van der Waals surface area contributed by atoms with Gasteiger partial charge in [-0.2, -0.15) is 0 Å². The smallest absolute Gasteiger partial charge is 0.480 e. The molecule has 6 nitrogen and oxygen atoms in total. The molecule has 3 rings (SSSR count). The van der Waals surface area contributed by atoms with Crippen LogP contribution in [-0.4, -0.2) is 60.4 Å². The Kier molecular flexibility index (Phi) is 4.98. The van der Waals surface area contributed by atoms with Gasteiger partial charge in [-0.05, 0) is 24.7 Å². The number of nitrogens with zero attached hydrogens (tertiary/aromatic N) is 2. The molecule has 1 N–H and O–H groups in total. The van der Waals surface area contributed by atoms with E-state index in [1.807, 2.05) is 11.9 Å². The second kappa shape index (κ2) is 6.46. The summed E-state index contributed by atoms with van der Waals surface area (Å²) < 4.78 is 34.8. The quantitative estimate of drug-likeness (QED) is 0.897. The average Bonchev–Trinajstić information content (AvgIpc) is 2.74. The molecule has 0 radical (unpaired) electrons. The first-order valence-electron chi connectivity index (χ1n) is 6.91. The number of rotatable bonds is 3. The third-order valence-electron chi connectivity index (χ3n) is 3.88. The van der Waals surface area contributed by atoms with Crippen molar-refractivity contribution >= 4 is 18.4 Å². The number of ether oxygens (including phenoxy) is 2. The van der Waals surface area contributed by atoms with Crippen LogP contribution >= 0.6 is 12.4 Å². The summed E-state index contributed by atoms with van der Waals surface area (Å²) in [5.74, 6) is -1.24. The van der Waals surface area contributed by atoms with Gasteiger partial charge in [0.15, 0.2) is 11.5 Å². The third-order valence-corrected chi connectivity index (χ3v) is 3.88. The Bertz CT molecular complexity index is 594. The molecule has 2 heterocycles. The van der Waals surface area contributed by atoms with E-state index >= 15 is 0 Å². The van der Waals surface area contributed by atoms with Crippen LogP contribution in [0.25, 0.3) is 0 Å². The van der Waals surface area contributed by atoms with Crippen molar-refractivity contribution in [2.75, 3.05) is 33.2 Å². The number of alkyl halides is 2. The number of carbonyl (C=O) groups is 1. The van der Waals surface area contributed by atoms with Crippen molar-refractivity contribution in [3.8, 4) is 11.5 Å². The molecule has 0 aliphatic carbocycles. The minimum Gasteiger partial charge on any atom is -0.480 e. The standard InChI is InChI=1S/C14H16F2N2O4.ClH/c1-17-4-6-18(7-5-17)12(13(19)20)9-2-3-10-11(8-9)22-14(15,16)21-10;/h2-3,8,12H,4-7H2,1H3,(H,19,20);1H. The Morgan fingerprint density at radius 1 is 1.22 bits per heavy atom. The largest absolute Gasteiger partial charge is 0.586 e. The highest BCUT2D eigenvalue weighted by Crippen LogP contribution is 2.42. The summed E-state index contributed by atoms with van der Waals surface area (Å²) in [6.07, 6.45) is -3.70. The van der Waals surface area contributed by atoms with E-state index in [0.717, 1.165) is 13.1 Å². The second-order valence-corrected chi connectivity index (χ2v) is 5.45. The first-order chi connectivity index (χ1) is 10.4. The normalized spacial score (nSPS) is 21.5. The molecule has 2 aliphatic heterocycles. The Morgan fingerprint density at radius 2 is 1.83 bits per heavy atom. The molecule has 23 heavy (non-hydrogen) atoms. The SMILES string of the molecule is CN1CCN(C(C(=O)O)c2ccc3c(c2)OC(F)(F)O3)CC1.Cl. The lowest BCUT2D eigenvalue weighted by Gasteiger charge is -2.36. The highest BCUT2D eigenvalue weighted by molar-refractivity contribution is 5.85. The van der Waals surface area contributed by atoms with Gasteiger partial charge in [-0.25, -0.2) is 0 Å². The summed E-state index contributed by atoms with van der Waals surface area (Å²) >= 11 is 0. The summed E-state index contributed by atoms with van der Waals surface area (Å²) in [4.78, 5) is 15.6. The zero-order chi connectivity index (χ0) is 15.9. The number of halogens is 3. The molecule has 0 saturated carbocycles. The van der Waals surface area contributed by atoms with Gasteiger partial charge in [0.25, 0.3) is 0 Å². The third kappa shape index (κ3) is 3.65. The highest BCUT2D eigenvalue weighted by atomic mass is 35.5. The molecular weight excluding hydrogens is 334 g/mol. The maximum atomic E-state index is 13.0. The van der Waals surface area contributed by atoms with Crippen molar-refractivity contribution in [1.29, 1.82) is 0 Å². The number of benzene rings is 1. The van der Waals surface area contributed by atoms with Gasteiger partial charge in [-0.3, -0.25) is 9.69 Å². The van der Waals surface area contributed by atoms with Crippen LogP contribution in [-0.2, 0) is 4.79 Å². The van der Waals surface area contributed by atoms with Gasteiger partial charge in [0.05, 0.1) is 0 Å². The molecule has 1 fully saturated rings. The minimum atomic E-state index is -3.70. The summed E-state index contributed by atoms with van der Waals surface area (Å²) in [6.45, 7) is 2.70. The van der Waals surface area contributed by atoms with Crippen molar-refractivity contribution in [2.45, 2.75) is 12.3 Å². The van der Waals surface area contributed by atoms with E-state index in [9.17, 15) is 18.7 Å². The lowest BCUT2D eigenvalue weighted by atomic mass is 10.0. The van der Waals surface area contributed by atoms with E-state index in [0.29, 0.717) is 18.7 Å². The molecule has 1 unspecified atom stereocenters.